The Morgan fingerprint density at radius 1 is 1.13 bits per heavy atom. The van der Waals surface area contributed by atoms with Crippen molar-refractivity contribution in [3.8, 4) is 0 Å². The third-order valence-corrected chi connectivity index (χ3v) is 3.81. The van der Waals surface area contributed by atoms with Gasteiger partial charge in [0.25, 0.3) is 0 Å². The van der Waals surface area contributed by atoms with Gasteiger partial charge in [-0.05, 0) is 43.1 Å². The average Bonchev–Trinajstić information content (AvgIpc) is 2.14. The normalized spacial score (nSPS) is 32.6. The molecule has 90 valence electrons. The topological polar surface area (TPSA) is 12.0 Å². The van der Waals surface area contributed by atoms with E-state index >= 15 is 0 Å². The van der Waals surface area contributed by atoms with Gasteiger partial charge in [0.1, 0.15) is 0 Å². The Labute approximate surface area is 96.0 Å². The van der Waals surface area contributed by atoms with E-state index in [9.17, 15) is 0 Å². The lowest BCUT2D eigenvalue weighted by atomic mass is 9.74. The predicted molar refractivity (Wildman–Crippen MR) is 68.0 cm³/mol. The fraction of sp³-hybridized carbons (Fsp3) is 1.00. The zero-order valence-electron chi connectivity index (χ0n) is 11.2. The van der Waals surface area contributed by atoms with E-state index in [0.29, 0.717) is 0 Å². The summed E-state index contributed by atoms with van der Waals surface area (Å²) in [6, 6.07) is 0.774. The molecule has 3 atom stereocenters. The summed E-state index contributed by atoms with van der Waals surface area (Å²) in [5.74, 6) is 3.43. The van der Waals surface area contributed by atoms with Gasteiger partial charge in [0, 0.05) is 6.04 Å². The van der Waals surface area contributed by atoms with Crippen LogP contribution in [0.2, 0.25) is 0 Å². The molecule has 0 spiro atoms. The van der Waals surface area contributed by atoms with Crippen LogP contribution >= 0.6 is 0 Å². The lowest BCUT2D eigenvalue weighted by Crippen LogP contribution is -2.44. The van der Waals surface area contributed by atoms with Crippen LogP contribution in [-0.2, 0) is 0 Å². The molecule has 1 aliphatic carbocycles. The summed E-state index contributed by atoms with van der Waals surface area (Å²) in [6.45, 7) is 12.9. The first-order chi connectivity index (χ1) is 7.00. The molecule has 1 heteroatoms. The van der Waals surface area contributed by atoms with Crippen molar-refractivity contribution < 1.29 is 0 Å². The van der Waals surface area contributed by atoms with Crippen LogP contribution in [0.1, 0.15) is 53.9 Å². The summed E-state index contributed by atoms with van der Waals surface area (Å²) in [4.78, 5) is 0. The Morgan fingerprint density at radius 2 is 1.80 bits per heavy atom. The molecule has 3 unspecified atom stereocenters. The van der Waals surface area contributed by atoms with Crippen LogP contribution in [0.5, 0.6) is 0 Å². The maximum Gasteiger partial charge on any atom is 0.0100 e. The molecule has 1 fully saturated rings. The van der Waals surface area contributed by atoms with E-state index in [1.54, 1.807) is 0 Å². The Morgan fingerprint density at radius 3 is 2.33 bits per heavy atom. The molecular formula is C14H29N. The summed E-state index contributed by atoms with van der Waals surface area (Å²) in [5.41, 5.74) is 0. The standard InChI is InChI=1S/C14H29N/c1-10(2)9-15-14-8-12(5)6-7-13(14)11(3)4/h10-15H,6-9H2,1-5H3. The molecule has 1 N–H and O–H groups in total. The molecule has 0 saturated heterocycles. The van der Waals surface area contributed by atoms with Crippen LogP contribution in [0.3, 0.4) is 0 Å². The van der Waals surface area contributed by atoms with Crippen LogP contribution in [-0.4, -0.2) is 12.6 Å². The monoisotopic (exact) mass is 211 g/mol. The third-order valence-electron chi connectivity index (χ3n) is 3.81. The molecule has 0 heterocycles. The van der Waals surface area contributed by atoms with Gasteiger partial charge in [-0.15, -0.1) is 0 Å². The Hall–Kier alpha value is -0.0400. The van der Waals surface area contributed by atoms with E-state index < -0.39 is 0 Å². The molecule has 1 nitrogen and oxygen atoms in total. The van der Waals surface area contributed by atoms with Crippen LogP contribution in [0.4, 0.5) is 0 Å². The number of rotatable bonds is 4. The fourth-order valence-corrected chi connectivity index (χ4v) is 2.82. The number of hydrogen-bond acceptors (Lipinski definition) is 1. The zero-order chi connectivity index (χ0) is 11.4. The third kappa shape index (κ3) is 4.14. The molecule has 0 radical (unpaired) electrons. The van der Waals surface area contributed by atoms with E-state index in [4.69, 9.17) is 0 Å². The van der Waals surface area contributed by atoms with Crippen molar-refractivity contribution in [2.45, 2.75) is 59.9 Å². The van der Waals surface area contributed by atoms with Crippen molar-refractivity contribution in [2.24, 2.45) is 23.7 Å². The predicted octanol–water partition coefficient (Wildman–Crippen LogP) is 3.69. The SMILES string of the molecule is CC(C)CNC1CC(C)CCC1C(C)C. The molecule has 0 bridgehead atoms. The summed E-state index contributed by atoms with van der Waals surface area (Å²) >= 11 is 0. The molecule has 0 aromatic heterocycles. The van der Waals surface area contributed by atoms with Crippen molar-refractivity contribution in [3.05, 3.63) is 0 Å². The van der Waals surface area contributed by atoms with Crippen molar-refractivity contribution >= 4 is 0 Å². The minimum atomic E-state index is 0.773. The van der Waals surface area contributed by atoms with Gasteiger partial charge >= 0.3 is 0 Å². The molecule has 0 aliphatic heterocycles. The van der Waals surface area contributed by atoms with Crippen LogP contribution in [0.25, 0.3) is 0 Å². The number of hydrogen-bond donors (Lipinski definition) is 1. The zero-order valence-corrected chi connectivity index (χ0v) is 11.2. The van der Waals surface area contributed by atoms with Crippen molar-refractivity contribution in [3.63, 3.8) is 0 Å². The highest BCUT2D eigenvalue weighted by Crippen LogP contribution is 2.33. The first-order valence-corrected chi connectivity index (χ1v) is 6.74. The van der Waals surface area contributed by atoms with Gasteiger partial charge in [0.15, 0.2) is 0 Å². The highest BCUT2D eigenvalue weighted by atomic mass is 14.9. The van der Waals surface area contributed by atoms with Gasteiger partial charge in [0.2, 0.25) is 0 Å². The minimum absolute atomic E-state index is 0.773. The molecule has 0 aromatic rings. The van der Waals surface area contributed by atoms with Crippen LogP contribution < -0.4 is 5.32 Å². The molecular weight excluding hydrogens is 182 g/mol. The van der Waals surface area contributed by atoms with Crippen LogP contribution in [0.15, 0.2) is 0 Å². The first-order valence-electron chi connectivity index (χ1n) is 6.74. The highest BCUT2D eigenvalue weighted by molar-refractivity contribution is 4.85. The molecule has 1 aliphatic rings. The lowest BCUT2D eigenvalue weighted by molar-refractivity contribution is 0.167. The highest BCUT2D eigenvalue weighted by Gasteiger charge is 2.30. The maximum atomic E-state index is 3.78. The summed E-state index contributed by atoms with van der Waals surface area (Å²) < 4.78 is 0. The largest absolute Gasteiger partial charge is 0.313 e. The van der Waals surface area contributed by atoms with E-state index in [2.05, 4.69) is 39.9 Å². The van der Waals surface area contributed by atoms with E-state index in [0.717, 1.165) is 29.7 Å². The molecule has 1 rings (SSSR count). The smallest absolute Gasteiger partial charge is 0.0100 e. The van der Waals surface area contributed by atoms with Gasteiger partial charge in [-0.3, -0.25) is 0 Å². The summed E-state index contributed by atoms with van der Waals surface area (Å²) in [7, 11) is 0. The summed E-state index contributed by atoms with van der Waals surface area (Å²) in [5, 5.41) is 3.78. The van der Waals surface area contributed by atoms with Gasteiger partial charge < -0.3 is 5.32 Å². The second kappa shape index (κ2) is 5.89. The number of nitrogens with one attached hydrogen (secondary N) is 1. The van der Waals surface area contributed by atoms with Gasteiger partial charge in [-0.25, -0.2) is 0 Å². The Balaban J connectivity index is 2.46. The van der Waals surface area contributed by atoms with Gasteiger partial charge in [-0.1, -0.05) is 41.0 Å². The lowest BCUT2D eigenvalue weighted by Gasteiger charge is -2.38. The van der Waals surface area contributed by atoms with E-state index in [1.165, 1.54) is 25.8 Å². The van der Waals surface area contributed by atoms with Crippen LogP contribution in [0, 0.1) is 23.7 Å². The molecule has 1 saturated carbocycles. The van der Waals surface area contributed by atoms with Gasteiger partial charge in [0.05, 0.1) is 0 Å². The molecule has 0 amide bonds. The quantitative estimate of drug-likeness (QED) is 0.748. The molecule has 0 aromatic carbocycles. The molecule has 15 heavy (non-hydrogen) atoms. The Bertz CT molecular complexity index is 174. The van der Waals surface area contributed by atoms with Crippen molar-refractivity contribution in [2.75, 3.05) is 6.54 Å². The van der Waals surface area contributed by atoms with Crippen molar-refractivity contribution in [1.29, 1.82) is 0 Å². The van der Waals surface area contributed by atoms with E-state index in [-0.39, 0.29) is 0 Å². The summed E-state index contributed by atoms with van der Waals surface area (Å²) in [6.07, 6.45) is 4.24. The fourth-order valence-electron chi connectivity index (χ4n) is 2.82. The maximum absolute atomic E-state index is 3.78. The van der Waals surface area contributed by atoms with Gasteiger partial charge in [-0.2, -0.15) is 0 Å². The second-order valence-electron chi connectivity index (χ2n) is 6.23. The average molecular weight is 211 g/mol. The Kier molecular flexibility index (Phi) is 5.11. The second-order valence-corrected chi connectivity index (χ2v) is 6.23. The first kappa shape index (κ1) is 13.0. The van der Waals surface area contributed by atoms with Crippen molar-refractivity contribution in [1.82, 2.24) is 5.32 Å². The minimum Gasteiger partial charge on any atom is -0.313 e. The van der Waals surface area contributed by atoms with E-state index in [1.807, 2.05) is 0 Å².